The summed E-state index contributed by atoms with van der Waals surface area (Å²) in [6.07, 6.45) is 3.87. The minimum absolute atomic E-state index is 0.428. The van der Waals surface area contributed by atoms with E-state index in [1.807, 2.05) is 0 Å². The third-order valence-corrected chi connectivity index (χ3v) is 14.9. The average molecular weight is 775 g/mol. The van der Waals surface area contributed by atoms with Crippen LogP contribution in [0.2, 0.25) is 0 Å². The van der Waals surface area contributed by atoms with Gasteiger partial charge in [0.15, 0.2) is 0 Å². The number of thiocarbonyl (C=S) groups is 4. The van der Waals surface area contributed by atoms with Crippen LogP contribution in [0, 0.1) is 0 Å². The Balaban J connectivity index is 6.82. The summed E-state index contributed by atoms with van der Waals surface area (Å²) in [6.45, 7) is 29.1. The highest BCUT2D eigenvalue weighted by atomic mass is 32.2. The number of hydrogen-bond acceptors (Lipinski definition) is 9. The second kappa shape index (κ2) is 25.8. The lowest BCUT2D eigenvalue weighted by molar-refractivity contribution is -0.118. The van der Waals surface area contributed by atoms with Gasteiger partial charge in [-0.25, -0.2) is 0 Å². The van der Waals surface area contributed by atoms with E-state index in [0.717, 1.165) is 118 Å². The highest BCUT2D eigenvalue weighted by molar-refractivity contribution is 8.24. The molecule has 0 saturated carbocycles. The molecule has 0 aromatic rings. The Hall–Kier alpha value is 0.920. The number of thioether (sulfide) groups is 4. The summed E-state index contributed by atoms with van der Waals surface area (Å²) >= 11 is 30.9. The van der Waals surface area contributed by atoms with Crippen LogP contribution in [0.25, 0.3) is 0 Å². The van der Waals surface area contributed by atoms with Gasteiger partial charge >= 0.3 is 0 Å². The van der Waals surface area contributed by atoms with Gasteiger partial charge in [-0.05, 0) is 68.2 Å². The monoisotopic (exact) mass is 774 g/mol. The van der Waals surface area contributed by atoms with Crippen LogP contribution in [0.4, 0.5) is 0 Å². The maximum atomic E-state index is 7.70. The van der Waals surface area contributed by atoms with Crippen molar-refractivity contribution in [1.82, 2.24) is 19.6 Å². The number of rotatable bonds is 22. The van der Waals surface area contributed by atoms with Crippen molar-refractivity contribution in [2.45, 2.75) is 106 Å². The minimum atomic E-state index is -0.428. The predicted molar refractivity (Wildman–Crippen MR) is 228 cm³/mol. The van der Waals surface area contributed by atoms with Crippen LogP contribution in [0.5, 0.6) is 0 Å². The Morgan fingerprint density at radius 3 is 0.778 bits per heavy atom. The van der Waals surface area contributed by atoms with Crippen molar-refractivity contribution < 1.29 is 4.74 Å². The second-order valence-electron chi connectivity index (χ2n) is 10.9. The molecule has 0 amide bonds. The summed E-state index contributed by atoms with van der Waals surface area (Å²) in [5.41, 5.74) is -0.856. The Kier molecular flexibility index (Phi) is 26.4. The fraction of sp³-hybridized carbons (Fsp3) is 0.875. The molecule has 0 unspecified atom stereocenters. The van der Waals surface area contributed by atoms with Crippen LogP contribution in [-0.2, 0) is 4.74 Å². The van der Waals surface area contributed by atoms with Crippen molar-refractivity contribution in [3.8, 4) is 0 Å². The van der Waals surface area contributed by atoms with Gasteiger partial charge in [0.25, 0.3) is 0 Å². The second-order valence-corrected chi connectivity index (χ2v) is 17.3. The Morgan fingerprint density at radius 1 is 0.422 bits per heavy atom. The molecule has 5 nitrogen and oxygen atoms in total. The molecule has 0 bridgehead atoms. The first-order valence-corrected chi connectivity index (χ1v) is 22.4. The van der Waals surface area contributed by atoms with E-state index in [9.17, 15) is 0 Å². The van der Waals surface area contributed by atoms with Gasteiger partial charge in [-0.15, -0.1) is 0 Å². The van der Waals surface area contributed by atoms with Crippen molar-refractivity contribution in [2.75, 3.05) is 75.4 Å². The first kappa shape index (κ1) is 45.9. The van der Waals surface area contributed by atoms with Crippen molar-refractivity contribution >= 4 is 113 Å². The summed E-state index contributed by atoms with van der Waals surface area (Å²) < 4.78 is 11.5. The molecule has 264 valence electrons. The van der Waals surface area contributed by atoms with E-state index >= 15 is 0 Å². The third-order valence-electron chi connectivity index (χ3n) is 7.77. The number of hydrogen-bond donors (Lipinski definition) is 0. The number of ether oxygens (including phenoxy) is 1. The molecule has 0 rings (SSSR count). The van der Waals surface area contributed by atoms with Crippen molar-refractivity contribution in [3.05, 3.63) is 0 Å². The summed E-state index contributed by atoms with van der Waals surface area (Å²) in [5.74, 6) is 3.13. The zero-order chi connectivity index (χ0) is 34.5. The first-order chi connectivity index (χ1) is 21.4. The molecular formula is C32H62N4OS8. The molecule has 0 aliphatic heterocycles. The molecule has 45 heavy (non-hydrogen) atoms. The van der Waals surface area contributed by atoms with Crippen LogP contribution in [0.1, 0.15) is 94.9 Å². The van der Waals surface area contributed by atoms with Gasteiger partial charge in [-0.3, -0.25) is 0 Å². The average Bonchev–Trinajstić information content (AvgIpc) is 3.03. The lowest BCUT2D eigenvalue weighted by Crippen LogP contribution is -2.52. The summed E-state index contributed by atoms with van der Waals surface area (Å²) in [4.78, 5) is 9.06. The summed E-state index contributed by atoms with van der Waals surface area (Å²) in [5, 5.41) is 0. The van der Waals surface area contributed by atoms with E-state index in [-0.39, 0.29) is 0 Å². The van der Waals surface area contributed by atoms with Crippen LogP contribution in [0.3, 0.4) is 0 Å². The number of nitrogens with zero attached hydrogens (tertiary/aromatic N) is 4. The van der Waals surface area contributed by atoms with E-state index in [1.165, 1.54) is 0 Å². The first-order valence-electron chi connectivity index (χ1n) is 16.8. The van der Waals surface area contributed by atoms with Gasteiger partial charge in [-0.1, -0.05) is 123 Å². The fourth-order valence-electron chi connectivity index (χ4n) is 5.03. The standard InChI is InChI=1S/C32H62N4OS8/c1-11-21-31(23-42-27(38)33(13-3)14-4,24-43-28(39)34(15-5)16-6)37-32(22-12-2,25-44-29(40)35(17-7)18-8)26-45-30(41)36(19-9)20-10/h11-26H2,1-10H3. The van der Waals surface area contributed by atoms with Crippen molar-refractivity contribution in [1.29, 1.82) is 0 Å². The molecule has 0 radical (unpaired) electrons. The van der Waals surface area contributed by atoms with E-state index in [2.05, 4.69) is 88.8 Å². The molecule has 0 aromatic heterocycles. The van der Waals surface area contributed by atoms with Crippen molar-refractivity contribution in [3.63, 3.8) is 0 Å². The maximum Gasteiger partial charge on any atom is 0.136 e. The summed E-state index contributed by atoms with van der Waals surface area (Å²) in [6, 6.07) is 0. The van der Waals surface area contributed by atoms with Crippen molar-refractivity contribution in [2.24, 2.45) is 0 Å². The quantitative estimate of drug-likeness (QED) is 0.0977. The Labute approximate surface area is 316 Å². The van der Waals surface area contributed by atoms with Gasteiger partial charge in [0.05, 0.1) is 11.2 Å². The van der Waals surface area contributed by atoms with Crippen LogP contribution >= 0.6 is 95.9 Å². The molecule has 0 aliphatic rings. The highest BCUT2D eigenvalue weighted by Crippen LogP contribution is 2.40. The third kappa shape index (κ3) is 16.5. The highest BCUT2D eigenvalue weighted by Gasteiger charge is 2.43. The molecule has 0 N–H and O–H groups in total. The lowest BCUT2D eigenvalue weighted by Gasteiger charge is -2.45. The van der Waals surface area contributed by atoms with Gasteiger partial charge < -0.3 is 24.3 Å². The normalized spacial score (nSPS) is 11.8. The predicted octanol–water partition coefficient (Wildman–Crippen LogP) is 9.52. The molecule has 13 heteroatoms. The molecule has 0 fully saturated rings. The molecule has 0 aliphatic carbocycles. The lowest BCUT2D eigenvalue weighted by atomic mass is 9.97. The molecule has 0 heterocycles. The molecule has 0 aromatic carbocycles. The molecule has 0 saturated heterocycles. The zero-order valence-electron chi connectivity index (χ0n) is 29.8. The topological polar surface area (TPSA) is 22.2 Å². The van der Waals surface area contributed by atoms with Crippen LogP contribution in [-0.4, -0.2) is 123 Å². The van der Waals surface area contributed by atoms with Gasteiger partial charge in [0.2, 0.25) is 0 Å². The van der Waals surface area contributed by atoms with Gasteiger partial charge in [0, 0.05) is 75.4 Å². The summed E-state index contributed by atoms with van der Waals surface area (Å²) in [7, 11) is 0. The SMILES string of the molecule is CCCC(CSC(=S)N(CC)CC)(CSC(=S)N(CC)CC)OC(CCC)(CSC(=S)N(CC)CC)CSC(=S)N(CC)CC. The largest absolute Gasteiger partial charge is 0.365 e. The minimum Gasteiger partial charge on any atom is -0.365 e. The smallest absolute Gasteiger partial charge is 0.136 e. The van der Waals surface area contributed by atoms with Gasteiger partial charge in [-0.2, -0.15) is 0 Å². The Bertz CT molecular complexity index is 738. The zero-order valence-corrected chi connectivity index (χ0v) is 36.3. The van der Waals surface area contributed by atoms with E-state index in [1.54, 1.807) is 47.0 Å². The molecule has 0 spiro atoms. The van der Waals surface area contributed by atoms with Crippen LogP contribution < -0.4 is 0 Å². The Morgan fingerprint density at radius 2 is 0.622 bits per heavy atom. The molecule has 0 atom stereocenters. The van der Waals surface area contributed by atoms with Crippen LogP contribution in [0.15, 0.2) is 0 Å². The molecular weight excluding hydrogens is 713 g/mol. The fourth-order valence-corrected chi connectivity index (χ4v) is 11.6. The maximum absolute atomic E-state index is 7.70. The van der Waals surface area contributed by atoms with Gasteiger partial charge in [0.1, 0.15) is 17.3 Å². The van der Waals surface area contributed by atoms with E-state index < -0.39 is 11.2 Å². The van der Waals surface area contributed by atoms with E-state index in [4.69, 9.17) is 53.6 Å². The van der Waals surface area contributed by atoms with E-state index in [0.29, 0.717) is 0 Å².